The highest BCUT2D eigenvalue weighted by Gasteiger charge is 2.46. The second kappa shape index (κ2) is 5.08. The molecule has 0 aliphatic rings. The first-order valence-electron chi connectivity index (χ1n) is 5.58. The average Bonchev–Trinajstić information content (AvgIpc) is 2.25. The van der Waals surface area contributed by atoms with Gasteiger partial charge in [0.05, 0.1) is 0 Å². The molecule has 0 saturated heterocycles. The topological polar surface area (TPSA) is 63.2 Å². The van der Waals surface area contributed by atoms with Crippen molar-refractivity contribution in [2.75, 3.05) is 4.72 Å². The number of alkyl halides is 3. The van der Waals surface area contributed by atoms with Gasteiger partial charge in [0.1, 0.15) is 0 Å². The number of halogens is 3. The van der Waals surface area contributed by atoms with Crippen LogP contribution < -0.4 is 4.72 Å². The van der Waals surface area contributed by atoms with E-state index in [1.54, 1.807) is 20.8 Å². The lowest BCUT2D eigenvalue weighted by Crippen LogP contribution is -2.30. The van der Waals surface area contributed by atoms with Gasteiger partial charge in [-0.05, 0) is 12.1 Å². The number of benzene rings is 1. The maximum absolute atomic E-state index is 12.3. The van der Waals surface area contributed by atoms with Gasteiger partial charge >= 0.3 is 15.5 Å². The Morgan fingerprint density at radius 2 is 1.70 bits per heavy atom. The molecule has 0 saturated carbocycles. The molecule has 0 fully saturated rings. The number of nitrogens with one attached hydrogen (secondary N) is 1. The molecule has 0 amide bonds. The molecule has 0 radical (unpaired) electrons. The monoisotopic (exact) mass is 309 g/mol. The van der Waals surface area contributed by atoms with Crippen LogP contribution in [0, 0.1) is 5.41 Å². The molecule has 112 valence electrons. The van der Waals surface area contributed by atoms with Crippen LogP contribution in [0.1, 0.15) is 31.1 Å². The van der Waals surface area contributed by atoms with Gasteiger partial charge in [-0.1, -0.05) is 32.9 Å². The Morgan fingerprint density at radius 1 is 1.15 bits per heavy atom. The third-order valence-corrected chi connectivity index (χ3v) is 3.48. The lowest BCUT2D eigenvalue weighted by atomic mass is 9.86. The minimum Gasteiger partial charge on any atom is -0.294 e. The number of anilines is 1. The quantitative estimate of drug-likeness (QED) is 0.872. The molecule has 4 nitrogen and oxygen atoms in total. The zero-order chi connectivity index (χ0) is 15.8. The number of sulfonamides is 1. The van der Waals surface area contributed by atoms with Crippen molar-refractivity contribution in [1.82, 2.24) is 0 Å². The van der Waals surface area contributed by atoms with Gasteiger partial charge in [0.25, 0.3) is 0 Å². The lowest BCUT2D eigenvalue weighted by Gasteiger charge is -2.17. The molecule has 1 aromatic carbocycles. The van der Waals surface area contributed by atoms with Crippen LogP contribution in [0.25, 0.3) is 0 Å². The maximum Gasteiger partial charge on any atom is 0.516 e. The Labute approximate surface area is 115 Å². The highest BCUT2D eigenvalue weighted by atomic mass is 32.2. The van der Waals surface area contributed by atoms with E-state index in [0.29, 0.717) is 0 Å². The van der Waals surface area contributed by atoms with Crippen molar-refractivity contribution in [3.63, 3.8) is 0 Å². The van der Waals surface area contributed by atoms with Crippen molar-refractivity contribution in [3.8, 4) is 0 Å². The van der Waals surface area contributed by atoms with E-state index in [-0.39, 0.29) is 17.0 Å². The number of ketones is 1. The normalized spacial score (nSPS) is 13.1. The van der Waals surface area contributed by atoms with Gasteiger partial charge in [-0.2, -0.15) is 21.6 Å². The maximum atomic E-state index is 12.3. The predicted octanol–water partition coefficient (Wildman–Crippen LogP) is 3.18. The zero-order valence-corrected chi connectivity index (χ0v) is 11.9. The van der Waals surface area contributed by atoms with E-state index in [0.717, 1.165) is 12.1 Å². The van der Waals surface area contributed by atoms with E-state index in [1.807, 2.05) is 0 Å². The van der Waals surface area contributed by atoms with Crippen molar-refractivity contribution < 1.29 is 26.4 Å². The van der Waals surface area contributed by atoms with Gasteiger partial charge in [0, 0.05) is 16.7 Å². The van der Waals surface area contributed by atoms with Gasteiger partial charge in [-0.3, -0.25) is 9.52 Å². The van der Waals surface area contributed by atoms with Crippen molar-refractivity contribution in [3.05, 3.63) is 29.8 Å². The van der Waals surface area contributed by atoms with E-state index in [2.05, 4.69) is 0 Å². The first kappa shape index (κ1) is 16.5. The van der Waals surface area contributed by atoms with Crippen LogP contribution in [0.5, 0.6) is 0 Å². The van der Waals surface area contributed by atoms with E-state index in [1.165, 1.54) is 16.9 Å². The van der Waals surface area contributed by atoms with Crippen molar-refractivity contribution in [2.45, 2.75) is 26.3 Å². The number of hydrogen-bond donors (Lipinski definition) is 1. The van der Waals surface area contributed by atoms with Crippen LogP contribution >= 0.6 is 0 Å². The van der Waals surface area contributed by atoms with Gasteiger partial charge in [0.2, 0.25) is 0 Å². The Hall–Kier alpha value is -1.57. The van der Waals surface area contributed by atoms with E-state index in [4.69, 9.17) is 0 Å². The first-order valence-corrected chi connectivity index (χ1v) is 7.07. The fourth-order valence-electron chi connectivity index (χ4n) is 1.37. The molecule has 0 bridgehead atoms. The third kappa shape index (κ3) is 3.72. The molecule has 0 aliphatic carbocycles. The largest absolute Gasteiger partial charge is 0.516 e. The molecule has 0 aliphatic heterocycles. The number of carbonyl (C=O) groups is 1. The Balaban J connectivity index is 3.11. The summed E-state index contributed by atoms with van der Waals surface area (Å²) in [5, 5.41) is 0. The summed E-state index contributed by atoms with van der Waals surface area (Å²) in [4.78, 5) is 12.0. The Kier molecular flexibility index (Phi) is 4.19. The molecule has 0 aromatic heterocycles. The third-order valence-electron chi connectivity index (χ3n) is 2.36. The number of hydrogen-bond acceptors (Lipinski definition) is 3. The van der Waals surface area contributed by atoms with Crippen LogP contribution in [0.3, 0.4) is 0 Å². The minimum absolute atomic E-state index is 0.139. The number of Topliss-reactive ketones (excluding diaryl/α,β-unsaturated/α-hetero) is 1. The van der Waals surface area contributed by atoms with Crippen LogP contribution in [-0.4, -0.2) is 19.7 Å². The molecule has 1 N–H and O–H groups in total. The Bertz CT molecular complexity index is 616. The summed E-state index contributed by atoms with van der Waals surface area (Å²) in [7, 11) is -5.49. The fourth-order valence-corrected chi connectivity index (χ4v) is 1.92. The molecule has 8 heteroatoms. The molecule has 0 spiro atoms. The molecule has 0 heterocycles. The molecule has 20 heavy (non-hydrogen) atoms. The molecular weight excluding hydrogens is 295 g/mol. The molecule has 1 rings (SSSR count). The summed E-state index contributed by atoms with van der Waals surface area (Å²) in [5.41, 5.74) is -6.30. The van der Waals surface area contributed by atoms with E-state index < -0.39 is 20.9 Å². The SMILES string of the molecule is CC(C)(C)C(=O)c1cccc(NS(=O)(=O)C(F)(F)F)c1. The molecule has 0 unspecified atom stereocenters. The van der Waals surface area contributed by atoms with E-state index in [9.17, 15) is 26.4 Å². The summed E-state index contributed by atoms with van der Waals surface area (Å²) in [6.45, 7) is 4.96. The van der Waals surface area contributed by atoms with Crippen molar-refractivity contribution >= 4 is 21.5 Å². The summed E-state index contributed by atoms with van der Waals surface area (Å²) >= 11 is 0. The van der Waals surface area contributed by atoms with Crippen LogP contribution in [0.15, 0.2) is 24.3 Å². The Morgan fingerprint density at radius 3 is 2.15 bits per heavy atom. The average molecular weight is 309 g/mol. The molecular formula is C12H14F3NO3S. The van der Waals surface area contributed by atoms with Gasteiger partial charge < -0.3 is 0 Å². The summed E-state index contributed by atoms with van der Waals surface area (Å²) < 4.78 is 60.1. The second-order valence-electron chi connectivity index (χ2n) is 5.21. The molecule has 0 atom stereocenters. The van der Waals surface area contributed by atoms with Crippen LogP contribution in [0.4, 0.5) is 18.9 Å². The summed E-state index contributed by atoms with van der Waals surface area (Å²) in [6, 6.07) is 4.95. The first-order chi connectivity index (χ1) is 8.84. The van der Waals surface area contributed by atoms with Gasteiger partial charge in [0.15, 0.2) is 5.78 Å². The minimum atomic E-state index is -5.49. The smallest absolute Gasteiger partial charge is 0.294 e. The summed E-state index contributed by atoms with van der Waals surface area (Å²) in [6.07, 6.45) is 0. The van der Waals surface area contributed by atoms with Crippen molar-refractivity contribution in [1.29, 1.82) is 0 Å². The van der Waals surface area contributed by atoms with Gasteiger partial charge in [-0.25, -0.2) is 0 Å². The predicted molar refractivity (Wildman–Crippen MR) is 68.8 cm³/mol. The molecule has 1 aromatic rings. The summed E-state index contributed by atoms with van der Waals surface area (Å²) in [5.74, 6) is -0.300. The number of rotatable bonds is 3. The highest BCUT2D eigenvalue weighted by molar-refractivity contribution is 7.93. The number of carbonyl (C=O) groups excluding carboxylic acids is 1. The van der Waals surface area contributed by atoms with Crippen LogP contribution in [-0.2, 0) is 10.0 Å². The van der Waals surface area contributed by atoms with E-state index >= 15 is 0 Å². The highest BCUT2D eigenvalue weighted by Crippen LogP contribution is 2.27. The zero-order valence-electron chi connectivity index (χ0n) is 11.1. The lowest BCUT2D eigenvalue weighted by molar-refractivity contribution is -0.0429. The second-order valence-corrected chi connectivity index (χ2v) is 6.89. The van der Waals surface area contributed by atoms with Gasteiger partial charge in [-0.15, -0.1) is 0 Å². The van der Waals surface area contributed by atoms with Crippen molar-refractivity contribution in [2.24, 2.45) is 5.41 Å². The fraction of sp³-hybridized carbons (Fsp3) is 0.417. The van der Waals surface area contributed by atoms with Crippen LogP contribution in [0.2, 0.25) is 0 Å². The standard InChI is InChI=1S/C12H14F3NO3S/c1-11(2,3)10(17)8-5-4-6-9(7-8)16-20(18,19)12(13,14)15/h4-7,16H,1-3H3.